The minimum absolute atomic E-state index is 0.0467. The quantitative estimate of drug-likeness (QED) is 0.505. The van der Waals surface area contributed by atoms with Gasteiger partial charge in [0.25, 0.3) is 5.91 Å². The zero-order chi connectivity index (χ0) is 21.4. The lowest BCUT2D eigenvalue weighted by Crippen LogP contribution is -2.21. The first kappa shape index (κ1) is 21.8. The van der Waals surface area contributed by atoms with Crippen molar-refractivity contribution in [1.29, 1.82) is 5.26 Å². The highest BCUT2D eigenvalue weighted by molar-refractivity contribution is 6.06. The van der Waals surface area contributed by atoms with Crippen molar-refractivity contribution in [3.63, 3.8) is 0 Å². The van der Waals surface area contributed by atoms with E-state index in [2.05, 4.69) is 29.4 Å². The summed E-state index contributed by atoms with van der Waals surface area (Å²) >= 11 is 0. The van der Waals surface area contributed by atoms with Gasteiger partial charge in [-0.1, -0.05) is 6.07 Å². The maximum atomic E-state index is 12.8. The number of carbonyl (C=O) groups is 1. The first-order valence-corrected chi connectivity index (χ1v) is 8.99. The second-order valence-corrected chi connectivity index (χ2v) is 6.07. The lowest BCUT2D eigenvalue weighted by atomic mass is 10.2. The van der Waals surface area contributed by atoms with Crippen LogP contribution >= 0.6 is 0 Å². The van der Waals surface area contributed by atoms with E-state index in [4.69, 9.17) is 0 Å². The van der Waals surface area contributed by atoms with Gasteiger partial charge in [0.1, 0.15) is 11.6 Å². The summed E-state index contributed by atoms with van der Waals surface area (Å²) in [5, 5.41) is 14.4. The Morgan fingerprint density at radius 1 is 1.10 bits per heavy atom. The number of nitrogens with zero attached hydrogens (tertiary/aromatic N) is 2. The van der Waals surface area contributed by atoms with E-state index in [-0.39, 0.29) is 11.3 Å². The van der Waals surface area contributed by atoms with Gasteiger partial charge in [-0.05, 0) is 56.3 Å². The molecule has 0 spiro atoms. The number of nitriles is 1. The molecule has 0 heterocycles. The van der Waals surface area contributed by atoms with Crippen molar-refractivity contribution in [2.75, 3.05) is 28.6 Å². The van der Waals surface area contributed by atoms with Crippen LogP contribution in [0, 0.1) is 11.3 Å². The Balaban J connectivity index is 2.08. The Labute approximate surface area is 167 Å². The summed E-state index contributed by atoms with van der Waals surface area (Å²) in [5.41, 5.74) is 0.516. The van der Waals surface area contributed by atoms with Gasteiger partial charge in [-0.2, -0.15) is 18.4 Å². The summed E-state index contributed by atoms with van der Waals surface area (Å²) in [4.78, 5) is 14.4. The lowest BCUT2D eigenvalue weighted by molar-refractivity contribution is -0.137. The van der Waals surface area contributed by atoms with Crippen molar-refractivity contribution in [2.24, 2.45) is 0 Å². The molecule has 2 N–H and O–H groups in total. The molecule has 0 aromatic heterocycles. The number of hydrogen-bond donors (Lipinski definition) is 2. The highest BCUT2D eigenvalue weighted by Crippen LogP contribution is 2.30. The average Bonchev–Trinajstić information content (AvgIpc) is 2.70. The molecule has 0 fully saturated rings. The fourth-order valence-corrected chi connectivity index (χ4v) is 2.63. The van der Waals surface area contributed by atoms with E-state index in [1.807, 2.05) is 24.3 Å². The minimum atomic E-state index is -4.52. The summed E-state index contributed by atoms with van der Waals surface area (Å²) < 4.78 is 38.3. The lowest BCUT2D eigenvalue weighted by Gasteiger charge is -2.21. The normalized spacial score (nSPS) is 11.5. The van der Waals surface area contributed by atoms with E-state index in [9.17, 15) is 23.2 Å². The molecule has 0 atom stereocenters. The maximum absolute atomic E-state index is 12.8. The zero-order valence-electron chi connectivity index (χ0n) is 16.0. The van der Waals surface area contributed by atoms with E-state index in [1.165, 1.54) is 18.3 Å². The molecular weight excluding hydrogens is 381 g/mol. The van der Waals surface area contributed by atoms with E-state index in [0.29, 0.717) is 5.69 Å². The van der Waals surface area contributed by atoms with Gasteiger partial charge < -0.3 is 15.5 Å². The second-order valence-electron chi connectivity index (χ2n) is 6.07. The van der Waals surface area contributed by atoms with Gasteiger partial charge in [0.2, 0.25) is 0 Å². The predicted octanol–water partition coefficient (Wildman–Crippen LogP) is 5.01. The fourth-order valence-electron chi connectivity index (χ4n) is 2.63. The van der Waals surface area contributed by atoms with Crippen LogP contribution in [0.4, 0.5) is 30.2 Å². The highest BCUT2D eigenvalue weighted by Gasteiger charge is 2.30. The van der Waals surface area contributed by atoms with Crippen LogP contribution in [0.2, 0.25) is 0 Å². The molecule has 2 aromatic carbocycles. The third kappa shape index (κ3) is 6.01. The van der Waals surface area contributed by atoms with Crippen molar-refractivity contribution in [2.45, 2.75) is 20.0 Å². The van der Waals surface area contributed by atoms with Gasteiger partial charge in [0, 0.05) is 36.4 Å². The number of carbonyl (C=O) groups excluding carboxylic acids is 1. The van der Waals surface area contributed by atoms with E-state index in [1.54, 1.807) is 6.07 Å². The molecule has 2 aromatic rings. The molecular formula is C21H21F3N4O. The Hall–Kier alpha value is -3.47. The van der Waals surface area contributed by atoms with Gasteiger partial charge >= 0.3 is 6.18 Å². The third-order valence-corrected chi connectivity index (χ3v) is 4.19. The smallest absolute Gasteiger partial charge is 0.372 e. The van der Waals surface area contributed by atoms with E-state index >= 15 is 0 Å². The fraction of sp³-hybridized carbons (Fsp3) is 0.238. The molecule has 152 valence electrons. The molecule has 0 bridgehead atoms. The minimum Gasteiger partial charge on any atom is -0.372 e. The van der Waals surface area contributed by atoms with Crippen molar-refractivity contribution in [3.8, 4) is 6.07 Å². The van der Waals surface area contributed by atoms with Crippen LogP contribution in [0.1, 0.15) is 19.4 Å². The Morgan fingerprint density at radius 2 is 1.76 bits per heavy atom. The van der Waals surface area contributed by atoms with Crippen LogP contribution < -0.4 is 15.5 Å². The number of hydrogen-bond acceptors (Lipinski definition) is 4. The van der Waals surface area contributed by atoms with Crippen LogP contribution in [0.3, 0.4) is 0 Å². The monoisotopic (exact) mass is 402 g/mol. The number of anilines is 3. The van der Waals surface area contributed by atoms with E-state index < -0.39 is 17.6 Å². The van der Waals surface area contributed by atoms with Crippen molar-refractivity contribution in [1.82, 2.24) is 0 Å². The number of benzene rings is 2. The molecule has 0 saturated carbocycles. The highest BCUT2D eigenvalue weighted by atomic mass is 19.4. The molecule has 2 rings (SSSR count). The third-order valence-electron chi connectivity index (χ3n) is 4.19. The largest absolute Gasteiger partial charge is 0.416 e. The van der Waals surface area contributed by atoms with Gasteiger partial charge in [0.05, 0.1) is 5.56 Å². The Morgan fingerprint density at radius 3 is 2.31 bits per heavy atom. The Bertz CT molecular complexity index is 911. The van der Waals surface area contributed by atoms with Crippen molar-refractivity contribution < 1.29 is 18.0 Å². The van der Waals surface area contributed by atoms with Gasteiger partial charge in [0.15, 0.2) is 0 Å². The second kappa shape index (κ2) is 9.64. The first-order chi connectivity index (χ1) is 13.8. The summed E-state index contributed by atoms with van der Waals surface area (Å²) in [6.07, 6.45) is -3.30. The molecule has 0 aliphatic heterocycles. The van der Waals surface area contributed by atoms with Crippen molar-refractivity contribution >= 4 is 23.0 Å². The molecule has 1 amide bonds. The molecule has 0 aliphatic carbocycles. The van der Waals surface area contributed by atoms with Gasteiger partial charge in [-0.25, -0.2) is 0 Å². The summed E-state index contributed by atoms with van der Waals surface area (Å²) in [6.45, 7) is 5.86. The molecule has 29 heavy (non-hydrogen) atoms. The van der Waals surface area contributed by atoms with E-state index in [0.717, 1.165) is 30.9 Å². The topological polar surface area (TPSA) is 68.2 Å². The zero-order valence-corrected chi connectivity index (χ0v) is 16.0. The standard InChI is InChI=1S/C21H21F3N4O/c1-3-28(4-2)19-10-8-17(9-11-19)26-14-15(13-25)20(29)27-18-7-5-6-16(12-18)21(22,23)24/h5-12,14,26H,3-4H2,1-2H3,(H,27,29)/b15-14-. The SMILES string of the molecule is CCN(CC)c1ccc(N/C=C(/C#N)C(=O)Nc2cccc(C(F)(F)F)c2)cc1. The van der Waals surface area contributed by atoms with Gasteiger partial charge in [-0.15, -0.1) is 0 Å². The van der Waals surface area contributed by atoms with Crippen LogP contribution in [-0.4, -0.2) is 19.0 Å². The number of halogens is 3. The number of alkyl halides is 3. The van der Waals surface area contributed by atoms with Crippen molar-refractivity contribution in [3.05, 3.63) is 65.9 Å². The number of amides is 1. The van der Waals surface area contributed by atoms with Crippen LogP contribution in [0.15, 0.2) is 60.3 Å². The first-order valence-electron chi connectivity index (χ1n) is 8.99. The molecule has 8 heteroatoms. The van der Waals surface area contributed by atoms with Crippen LogP contribution in [0.25, 0.3) is 0 Å². The summed E-state index contributed by atoms with van der Waals surface area (Å²) in [6, 6.07) is 13.4. The Kier molecular flexibility index (Phi) is 7.26. The molecule has 0 saturated heterocycles. The summed E-state index contributed by atoms with van der Waals surface area (Å²) in [7, 11) is 0. The van der Waals surface area contributed by atoms with Crippen LogP contribution in [0.5, 0.6) is 0 Å². The predicted molar refractivity (Wildman–Crippen MR) is 107 cm³/mol. The molecule has 0 aliphatic rings. The maximum Gasteiger partial charge on any atom is 0.416 e. The molecule has 5 nitrogen and oxygen atoms in total. The molecule has 0 radical (unpaired) electrons. The average molecular weight is 402 g/mol. The summed E-state index contributed by atoms with van der Waals surface area (Å²) in [5.74, 6) is -0.806. The number of rotatable bonds is 7. The molecule has 0 unspecified atom stereocenters. The number of nitrogens with one attached hydrogen (secondary N) is 2. The van der Waals surface area contributed by atoms with Crippen LogP contribution in [-0.2, 0) is 11.0 Å². The van der Waals surface area contributed by atoms with Gasteiger partial charge in [-0.3, -0.25) is 4.79 Å².